The van der Waals surface area contributed by atoms with Gasteiger partial charge < -0.3 is 10.0 Å². The largest absolute Gasteiger partial charge is 0.481 e. The Balaban J connectivity index is 1.87. The molecule has 132 valence electrons. The minimum atomic E-state index is -0.863. The number of nitrogens with zero attached hydrogens (tertiary/aromatic N) is 2. The van der Waals surface area contributed by atoms with Gasteiger partial charge in [0.2, 0.25) is 0 Å². The summed E-state index contributed by atoms with van der Waals surface area (Å²) >= 11 is 1.26. The molecule has 1 aromatic heterocycles. The normalized spacial score (nSPS) is 20.5. The zero-order chi connectivity index (χ0) is 18.1. The number of carbonyl (C=O) groups is 2. The molecule has 1 amide bonds. The van der Waals surface area contributed by atoms with Crippen LogP contribution in [0.3, 0.4) is 0 Å². The summed E-state index contributed by atoms with van der Waals surface area (Å²) in [5, 5.41) is 9.98. The molecule has 1 saturated heterocycles. The Morgan fingerprint density at radius 2 is 2.00 bits per heavy atom. The molecule has 5 nitrogen and oxygen atoms in total. The number of piperidine rings is 1. The molecule has 1 aliphatic rings. The Morgan fingerprint density at radius 3 is 2.64 bits per heavy atom. The summed E-state index contributed by atoms with van der Waals surface area (Å²) in [6.07, 6.45) is 1.26. The van der Waals surface area contributed by atoms with E-state index >= 15 is 0 Å². The molecule has 0 saturated carbocycles. The van der Waals surface area contributed by atoms with Crippen molar-refractivity contribution in [1.29, 1.82) is 0 Å². The van der Waals surface area contributed by atoms with Crippen LogP contribution < -0.4 is 0 Å². The molecule has 0 unspecified atom stereocenters. The van der Waals surface area contributed by atoms with E-state index in [9.17, 15) is 19.1 Å². The van der Waals surface area contributed by atoms with E-state index in [4.69, 9.17) is 0 Å². The Hall–Kier alpha value is -2.28. The molecule has 2 aromatic rings. The number of carboxylic acid groups (broad SMARTS) is 1. The number of amides is 1. The second kappa shape index (κ2) is 6.92. The van der Waals surface area contributed by atoms with Gasteiger partial charge in [-0.15, -0.1) is 11.3 Å². The Kier molecular flexibility index (Phi) is 4.85. The lowest BCUT2D eigenvalue weighted by atomic mass is 9.90. The molecule has 3 rings (SSSR count). The summed E-state index contributed by atoms with van der Waals surface area (Å²) in [5.74, 6) is -1.91. The van der Waals surface area contributed by atoms with E-state index in [1.165, 1.54) is 23.5 Å². The van der Waals surface area contributed by atoms with Crippen molar-refractivity contribution in [2.24, 2.45) is 5.92 Å². The molecule has 25 heavy (non-hydrogen) atoms. The van der Waals surface area contributed by atoms with Crippen molar-refractivity contribution in [1.82, 2.24) is 9.88 Å². The molecular formula is C18H19FN2O3S. The summed E-state index contributed by atoms with van der Waals surface area (Å²) in [5.41, 5.74) is 1.36. The number of rotatable bonds is 3. The van der Waals surface area contributed by atoms with E-state index in [1.54, 1.807) is 30.9 Å². The smallest absolute Gasteiger partial charge is 0.308 e. The molecule has 0 aliphatic carbocycles. The number of benzene rings is 1. The van der Waals surface area contributed by atoms with Crippen LogP contribution in [0.1, 0.15) is 35.1 Å². The van der Waals surface area contributed by atoms with Crippen molar-refractivity contribution in [3.63, 3.8) is 0 Å². The highest BCUT2D eigenvalue weighted by Gasteiger charge is 2.36. The van der Waals surface area contributed by atoms with Crippen LogP contribution in [0, 0.1) is 18.7 Å². The number of hydrogen-bond donors (Lipinski definition) is 1. The van der Waals surface area contributed by atoms with E-state index in [2.05, 4.69) is 4.98 Å². The van der Waals surface area contributed by atoms with Crippen LogP contribution in [0.5, 0.6) is 0 Å². The number of carbonyl (C=O) groups excluding carboxylic acids is 1. The fraction of sp³-hybridized carbons (Fsp3) is 0.389. The lowest BCUT2D eigenvalue weighted by molar-refractivity contribution is -0.144. The number of aromatic nitrogens is 1. The number of aryl methyl sites for hydroxylation is 1. The van der Waals surface area contributed by atoms with Gasteiger partial charge in [0.05, 0.1) is 11.6 Å². The third-order valence-corrected chi connectivity index (χ3v) is 5.84. The van der Waals surface area contributed by atoms with Gasteiger partial charge in [0.1, 0.15) is 15.7 Å². The maximum Gasteiger partial charge on any atom is 0.308 e. The maximum atomic E-state index is 13.1. The monoisotopic (exact) mass is 362 g/mol. The van der Waals surface area contributed by atoms with Crippen LogP contribution in [0.15, 0.2) is 24.3 Å². The fourth-order valence-corrected chi connectivity index (χ4v) is 4.23. The summed E-state index contributed by atoms with van der Waals surface area (Å²) in [4.78, 5) is 30.9. The number of hydrogen-bond acceptors (Lipinski definition) is 4. The molecule has 2 atom stereocenters. The SMILES string of the molecule is Cc1nc(-c2ccc(F)cc2)sc1C(=O)N1CCC[C@@H](C(=O)O)[C@H]1C. The number of thiazole rings is 1. The van der Waals surface area contributed by atoms with Gasteiger partial charge in [-0.25, -0.2) is 9.37 Å². The fourth-order valence-electron chi connectivity index (χ4n) is 3.20. The molecule has 1 aromatic carbocycles. The van der Waals surface area contributed by atoms with Crippen LogP contribution in [0.25, 0.3) is 10.6 Å². The second-order valence-corrected chi connectivity index (χ2v) is 7.27. The standard InChI is InChI=1S/C18H19FN2O3S/c1-10-15(25-16(20-10)12-5-7-13(19)8-6-12)17(22)21-9-3-4-14(11(21)2)18(23)24/h5-8,11,14H,3-4,9H2,1-2H3,(H,23,24)/t11-,14-/m1/s1. The first-order chi connectivity index (χ1) is 11.9. The topological polar surface area (TPSA) is 70.5 Å². The molecule has 1 fully saturated rings. The number of carboxylic acids is 1. The third kappa shape index (κ3) is 3.42. The quantitative estimate of drug-likeness (QED) is 0.906. The predicted molar refractivity (Wildman–Crippen MR) is 93.1 cm³/mol. The van der Waals surface area contributed by atoms with Crippen LogP contribution in [-0.4, -0.2) is 39.5 Å². The average molecular weight is 362 g/mol. The van der Waals surface area contributed by atoms with Crippen molar-refractivity contribution in [2.75, 3.05) is 6.54 Å². The Bertz CT molecular complexity index is 803. The minimum absolute atomic E-state index is 0.179. The first kappa shape index (κ1) is 17.5. The average Bonchev–Trinajstić information content (AvgIpc) is 2.96. The van der Waals surface area contributed by atoms with E-state index in [0.29, 0.717) is 35.0 Å². The van der Waals surface area contributed by atoms with Gasteiger partial charge in [-0.1, -0.05) is 0 Å². The van der Waals surface area contributed by atoms with E-state index in [0.717, 1.165) is 5.56 Å². The Labute approximate surface area is 149 Å². The highest BCUT2D eigenvalue weighted by molar-refractivity contribution is 7.17. The first-order valence-corrected chi connectivity index (χ1v) is 8.97. The van der Waals surface area contributed by atoms with Crippen LogP contribution in [0.4, 0.5) is 4.39 Å². The maximum absolute atomic E-state index is 13.1. The van der Waals surface area contributed by atoms with Crippen molar-refractivity contribution in [3.8, 4) is 10.6 Å². The lowest BCUT2D eigenvalue weighted by Gasteiger charge is -2.37. The van der Waals surface area contributed by atoms with Gasteiger partial charge in [0.15, 0.2) is 0 Å². The van der Waals surface area contributed by atoms with Gasteiger partial charge in [-0.2, -0.15) is 0 Å². The van der Waals surface area contributed by atoms with Crippen molar-refractivity contribution >= 4 is 23.2 Å². The molecule has 1 aliphatic heterocycles. The molecule has 7 heteroatoms. The van der Waals surface area contributed by atoms with E-state index < -0.39 is 11.9 Å². The van der Waals surface area contributed by atoms with Crippen molar-refractivity contribution in [3.05, 3.63) is 40.7 Å². The number of likely N-dealkylation sites (tertiary alicyclic amines) is 1. The molecular weight excluding hydrogens is 343 g/mol. The second-order valence-electron chi connectivity index (χ2n) is 6.27. The van der Waals surface area contributed by atoms with Gasteiger partial charge >= 0.3 is 5.97 Å². The van der Waals surface area contributed by atoms with E-state index in [-0.39, 0.29) is 17.8 Å². The lowest BCUT2D eigenvalue weighted by Crippen LogP contribution is -2.49. The first-order valence-electron chi connectivity index (χ1n) is 8.15. The molecule has 0 bridgehead atoms. The number of halogens is 1. The zero-order valence-corrected chi connectivity index (χ0v) is 14.8. The van der Waals surface area contributed by atoms with Crippen molar-refractivity contribution < 1.29 is 19.1 Å². The van der Waals surface area contributed by atoms with Crippen molar-refractivity contribution in [2.45, 2.75) is 32.7 Å². The van der Waals surface area contributed by atoms with Gasteiger partial charge in [0, 0.05) is 18.2 Å². The van der Waals surface area contributed by atoms with Gasteiger partial charge in [0.25, 0.3) is 5.91 Å². The Morgan fingerprint density at radius 1 is 1.32 bits per heavy atom. The van der Waals surface area contributed by atoms with Gasteiger partial charge in [-0.3, -0.25) is 9.59 Å². The molecule has 0 radical (unpaired) electrons. The summed E-state index contributed by atoms with van der Waals surface area (Å²) in [6.45, 7) is 4.10. The summed E-state index contributed by atoms with van der Waals surface area (Å²) in [6, 6.07) is 5.63. The molecule has 1 N–H and O–H groups in total. The minimum Gasteiger partial charge on any atom is -0.481 e. The third-order valence-electron chi connectivity index (χ3n) is 4.65. The highest BCUT2D eigenvalue weighted by atomic mass is 32.1. The summed E-state index contributed by atoms with van der Waals surface area (Å²) < 4.78 is 13.1. The van der Waals surface area contributed by atoms with Crippen LogP contribution in [0.2, 0.25) is 0 Å². The molecule has 0 spiro atoms. The van der Waals surface area contributed by atoms with Gasteiger partial charge in [-0.05, 0) is 51.0 Å². The van der Waals surface area contributed by atoms with Crippen LogP contribution >= 0.6 is 11.3 Å². The summed E-state index contributed by atoms with van der Waals surface area (Å²) in [7, 11) is 0. The van der Waals surface area contributed by atoms with Crippen LogP contribution in [-0.2, 0) is 4.79 Å². The zero-order valence-electron chi connectivity index (χ0n) is 14.0. The highest BCUT2D eigenvalue weighted by Crippen LogP contribution is 2.31. The number of aliphatic carboxylic acids is 1. The molecule has 2 heterocycles. The van der Waals surface area contributed by atoms with E-state index in [1.807, 2.05) is 0 Å². The predicted octanol–water partition coefficient (Wildman–Crippen LogP) is 3.58.